The van der Waals surface area contributed by atoms with Gasteiger partial charge in [-0.05, 0) is 92.1 Å². The van der Waals surface area contributed by atoms with E-state index in [1.54, 1.807) is 0 Å². The minimum absolute atomic E-state index is 0.171. The maximum Gasteiger partial charge on any atom is 0.301 e. The van der Waals surface area contributed by atoms with E-state index < -0.39 is 9.85 Å². The van der Waals surface area contributed by atoms with Crippen molar-refractivity contribution in [2.24, 2.45) is 40.1 Å². The predicted octanol–water partition coefficient (Wildman–Crippen LogP) is 8.29. The minimum Gasteiger partial charge on any atom is -0.271 e. The van der Waals surface area contributed by atoms with Gasteiger partial charge in [-0.15, -0.1) is 0 Å². The Morgan fingerprint density at radius 3 is 2.51 bits per heavy atom. The first kappa shape index (κ1) is 27.3. The maximum absolute atomic E-state index is 11.5. The third-order valence-electron chi connectivity index (χ3n) is 9.78. The fourth-order valence-corrected chi connectivity index (χ4v) is 7.79. The Morgan fingerprint density at radius 2 is 1.84 bits per heavy atom. The number of allylic oxidation sites excluding steroid dienone is 2. The Labute approximate surface area is 220 Å². The average molecular weight is 511 g/mol. The van der Waals surface area contributed by atoms with Crippen LogP contribution in [0.4, 0.5) is 17.1 Å². The number of rotatable bonds is 9. The third-order valence-corrected chi connectivity index (χ3v) is 9.78. The van der Waals surface area contributed by atoms with Crippen molar-refractivity contribution in [2.45, 2.75) is 92.4 Å². The van der Waals surface area contributed by atoms with E-state index in [2.05, 4.69) is 45.1 Å². The first-order valence-corrected chi connectivity index (χ1v) is 14.0. The number of nitrogens with one attached hydrogen (secondary N) is 1. The lowest BCUT2D eigenvalue weighted by molar-refractivity contribution is -0.393. The largest absolute Gasteiger partial charge is 0.301 e. The Morgan fingerprint density at radius 1 is 1.08 bits per heavy atom. The van der Waals surface area contributed by atoms with Crippen LogP contribution in [0.25, 0.3) is 0 Å². The smallest absolute Gasteiger partial charge is 0.271 e. The van der Waals surface area contributed by atoms with Crippen LogP contribution in [0.15, 0.2) is 34.4 Å². The molecule has 1 aromatic rings. The molecule has 3 aliphatic rings. The summed E-state index contributed by atoms with van der Waals surface area (Å²) in [5.74, 6) is 3.71. The fraction of sp³-hybridized carbons (Fsp3) is 0.690. The summed E-state index contributed by atoms with van der Waals surface area (Å²) in [5, 5.41) is 27.1. The molecule has 8 nitrogen and oxygen atoms in total. The zero-order valence-electron chi connectivity index (χ0n) is 23.0. The zero-order valence-corrected chi connectivity index (χ0v) is 23.0. The van der Waals surface area contributed by atoms with E-state index in [1.165, 1.54) is 61.8 Å². The summed E-state index contributed by atoms with van der Waals surface area (Å²) in [4.78, 5) is 21.3. The molecule has 2 saturated carbocycles. The van der Waals surface area contributed by atoms with E-state index in [0.29, 0.717) is 11.3 Å². The Balaban J connectivity index is 1.49. The number of fused-ring (bicyclic) bond motifs is 3. The molecule has 0 aliphatic heterocycles. The van der Waals surface area contributed by atoms with Gasteiger partial charge in [-0.2, -0.15) is 5.10 Å². The average Bonchev–Trinajstić information content (AvgIpc) is 3.20. The number of non-ortho nitro benzene ring substituents is 1. The third kappa shape index (κ3) is 5.43. The van der Waals surface area contributed by atoms with Gasteiger partial charge in [-0.1, -0.05) is 52.5 Å². The van der Waals surface area contributed by atoms with Crippen LogP contribution in [0.1, 0.15) is 92.4 Å². The standard InChI is InChI=1S/C29H42N4O4/c1-18(2)7-6-8-19(3)24-11-12-25-23-10-14-26(20(4)22(23)15-16-29(24,25)5)30-31-27-13-9-21(32(34)35)17-28(27)33(36)37/h9,13,17-19,23-25,31H,6-8,10-12,14-16H2,1-5H3/b30-26+/t19-,23+,24+,25-,29+/m0/s1. The van der Waals surface area contributed by atoms with E-state index in [9.17, 15) is 20.2 Å². The monoisotopic (exact) mass is 510 g/mol. The highest BCUT2D eigenvalue weighted by Crippen LogP contribution is 2.63. The van der Waals surface area contributed by atoms with Crippen molar-refractivity contribution in [1.82, 2.24) is 0 Å². The quantitative estimate of drug-likeness (QED) is 0.265. The Kier molecular flexibility index (Phi) is 8.05. The van der Waals surface area contributed by atoms with E-state index >= 15 is 0 Å². The normalized spacial score (nSPS) is 29.2. The molecule has 0 amide bonds. The van der Waals surface area contributed by atoms with Gasteiger partial charge < -0.3 is 0 Å². The molecule has 2 fully saturated rings. The lowest BCUT2D eigenvalue weighted by atomic mass is 9.55. The van der Waals surface area contributed by atoms with Crippen molar-refractivity contribution in [3.05, 3.63) is 49.6 Å². The van der Waals surface area contributed by atoms with E-state index in [-0.39, 0.29) is 17.1 Å². The molecule has 0 radical (unpaired) electrons. The highest BCUT2D eigenvalue weighted by atomic mass is 16.6. The number of anilines is 1. The minimum atomic E-state index is -0.630. The highest BCUT2D eigenvalue weighted by Gasteiger charge is 2.54. The van der Waals surface area contributed by atoms with Gasteiger partial charge in [0.15, 0.2) is 0 Å². The fourth-order valence-electron chi connectivity index (χ4n) is 7.79. The number of nitro groups is 2. The summed E-state index contributed by atoms with van der Waals surface area (Å²) in [6.07, 6.45) is 10.9. The van der Waals surface area contributed by atoms with Crippen LogP contribution in [0, 0.1) is 55.2 Å². The summed E-state index contributed by atoms with van der Waals surface area (Å²) in [6, 6.07) is 3.61. The van der Waals surface area contributed by atoms with Crippen LogP contribution in [0.2, 0.25) is 0 Å². The number of nitro benzene ring substituents is 2. The van der Waals surface area contributed by atoms with Crippen molar-refractivity contribution >= 4 is 22.8 Å². The zero-order chi connectivity index (χ0) is 26.9. The summed E-state index contributed by atoms with van der Waals surface area (Å²) in [6.45, 7) is 11.8. The molecule has 8 heteroatoms. The van der Waals surface area contributed by atoms with Crippen molar-refractivity contribution in [1.29, 1.82) is 0 Å². The molecule has 1 N–H and O–H groups in total. The summed E-state index contributed by atoms with van der Waals surface area (Å²) >= 11 is 0. The van der Waals surface area contributed by atoms with Gasteiger partial charge in [-0.25, -0.2) is 0 Å². The molecule has 0 spiro atoms. The number of hydrazone groups is 1. The predicted molar refractivity (Wildman–Crippen MR) is 148 cm³/mol. The van der Waals surface area contributed by atoms with E-state index in [4.69, 9.17) is 0 Å². The number of hydrogen-bond donors (Lipinski definition) is 1. The number of benzene rings is 1. The van der Waals surface area contributed by atoms with Gasteiger partial charge in [0.2, 0.25) is 0 Å². The summed E-state index contributed by atoms with van der Waals surface area (Å²) in [7, 11) is 0. The molecule has 37 heavy (non-hydrogen) atoms. The molecule has 0 heterocycles. The second kappa shape index (κ2) is 10.9. The van der Waals surface area contributed by atoms with Gasteiger partial charge in [0.25, 0.3) is 5.69 Å². The molecule has 1 aromatic carbocycles. The Bertz CT molecular complexity index is 1110. The van der Waals surface area contributed by atoms with Crippen LogP contribution in [-0.4, -0.2) is 15.6 Å². The lowest BCUT2D eigenvalue weighted by Crippen LogP contribution is -2.42. The van der Waals surface area contributed by atoms with Crippen molar-refractivity contribution < 1.29 is 9.85 Å². The van der Waals surface area contributed by atoms with Gasteiger partial charge >= 0.3 is 5.69 Å². The molecular weight excluding hydrogens is 468 g/mol. The van der Waals surface area contributed by atoms with Crippen LogP contribution in [0.5, 0.6) is 0 Å². The second-order valence-corrected chi connectivity index (χ2v) is 12.3. The molecule has 202 valence electrons. The molecule has 0 aromatic heterocycles. The SMILES string of the molecule is CC1=C2CC[C@]3(C)[C@@H]([C@@H](C)CCCC(C)C)CC[C@H]3[C@@H]2CC/C1=N\Nc1ccc([N+](=O)[O-])cc1[N+](=O)[O-]. The van der Waals surface area contributed by atoms with Crippen LogP contribution in [-0.2, 0) is 0 Å². The topological polar surface area (TPSA) is 111 Å². The highest BCUT2D eigenvalue weighted by molar-refractivity contribution is 6.01. The van der Waals surface area contributed by atoms with Gasteiger partial charge in [-0.3, -0.25) is 25.7 Å². The van der Waals surface area contributed by atoms with Crippen molar-refractivity contribution in [2.75, 3.05) is 5.43 Å². The molecule has 4 rings (SSSR count). The van der Waals surface area contributed by atoms with Crippen LogP contribution < -0.4 is 5.43 Å². The maximum atomic E-state index is 11.5. The molecular formula is C29H42N4O4. The molecule has 0 bridgehead atoms. The lowest BCUT2D eigenvalue weighted by Gasteiger charge is -2.49. The number of nitrogens with zero attached hydrogens (tertiary/aromatic N) is 3. The summed E-state index contributed by atoms with van der Waals surface area (Å²) < 4.78 is 0. The summed E-state index contributed by atoms with van der Waals surface area (Å²) in [5.41, 5.74) is 6.48. The molecule has 3 aliphatic carbocycles. The first-order chi connectivity index (χ1) is 17.5. The molecule has 5 atom stereocenters. The Hall–Kier alpha value is -2.77. The number of hydrogen-bond acceptors (Lipinski definition) is 6. The van der Waals surface area contributed by atoms with Gasteiger partial charge in [0, 0.05) is 6.07 Å². The van der Waals surface area contributed by atoms with E-state index in [1.807, 2.05) is 0 Å². The molecule has 0 unspecified atom stereocenters. The first-order valence-electron chi connectivity index (χ1n) is 14.0. The van der Waals surface area contributed by atoms with Crippen LogP contribution >= 0.6 is 0 Å². The second-order valence-electron chi connectivity index (χ2n) is 12.3. The van der Waals surface area contributed by atoms with Crippen LogP contribution in [0.3, 0.4) is 0 Å². The van der Waals surface area contributed by atoms with Gasteiger partial charge in [0.05, 0.1) is 21.6 Å². The van der Waals surface area contributed by atoms with E-state index in [0.717, 1.165) is 54.7 Å². The van der Waals surface area contributed by atoms with Crippen molar-refractivity contribution in [3.63, 3.8) is 0 Å². The van der Waals surface area contributed by atoms with Crippen molar-refractivity contribution in [3.8, 4) is 0 Å². The molecule has 0 saturated heterocycles. The van der Waals surface area contributed by atoms with Gasteiger partial charge in [0.1, 0.15) is 5.69 Å².